The van der Waals surface area contributed by atoms with Gasteiger partial charge in [-0.1, -0.05) is 12.1 Å². The molecule has 0 fully saturated rings. The Labute approximate surface area is 81.4 Å². The van der Waals surface area contributed by atoms with E-state index in [1.807, 2.05) is 30.3 Å². The molecule has 14 heavy (non-hydrogen) atoms. The summed E-state index contributed by atoms with van der Waals surface area (Å²) in [6.07, 6.45) is 0. The summed E-state index contributed by atoms with van der Waals surface area (Å²) >= 11 is 0. The fourth-order valence-corrected chi connectivity index (χ4v) is 1.21. The van der Waals surface area contributed by atoms with Crippen molar-refractivity contribution in [1.29, 1.82) is 5.26 Å². The number of hydrogen-bond acceptors (Lipinski definition) is 4. The molecule has 1 N–H and O–H groups in total. The summed E-state index contributed by atoms with van der Waals surface area (Å²) in [7, 11) is 1.43. The van der Waals surface area contributed by atoms with E-state index in [2.05, 4.69) is 5.32 Å². The molecule has 0 spiro atoms. The lowest BCUT2D eigenvalue weighted by atomic mass is 10.3. The van der Waals surface area contributed by atoms with Gasteiger partial charge < -0.3 is 14.8 Å². The first-order valence-corrected chi connectivity index (χ1v) is 4.07. The minimum absolute atomic E-state index is 0.140. The molecule has 1 aromatic rings. The molecule has 1 heterocycles. The SMILES string of the molecule is CO/C(C#N)=C1\Nc2ccccc2O1. The molecule has 70 valence electrons. The van der Waals surface area contributed by atoms with E-state index in [-0.39, 0.29) is 5.76 Å². The zero-order valence-corrected chi connectivity index (χ0v) is 7.57. The van der Waals surface area contributed by atoms with Gasteiger partial charge in [0.25, 0.3) is 11.6 Å². The molecule has 0 aromatic heterocycles. The number of methoxy groups -OCH3 is 1. The number of para-hydroxylation sites is 2. The molecular weight excluding hydrogens is 180 g/mol. The zero-order chi connectivity index (χ0) is 9.97. The average molecular weight is 188 g/mol. The third kappa shape index (κ3) is 1.25. The molecule has 1 aliphatic heterocycles. The highest BCUT2D eigenvalue weighted by Crippen LogP contribution is 2.33. The summed E-state index contributed by atoms with van der Waals surface area (Å²) in [5.74, 6) is 1.18. The number of hydrogen-bond donors (Lipinski definition) is 1. The van der Waals surface area contributed by atoms with Gasteiger partial charge in [-0.3, -0.25) is 0 Å². The van der Waals surface area contributed by atoms with E-state index in [9.17, 15) is 0 Å². The first-order chi connectivity index (χ1) is 6.85. The average Bonchev–Trinajstić information content (AvgIpc) is 2.63. The quantitative estimate of drug-likeness (QED) is 0.539. The fourth-order valence-electron chi connectivity index (χ4n) is 1.21. The lowest BCUT2D eigenvalue weighted by molar-refractivity contribution is 0.283. The summed E-state index contributed by atoms with van der Waals surface area (Å²) in [6, 6.07) is 9.34. The van der Waals surface area contributed by atoms with Crippen molar-refractivity contribution in [3.8, 4) is 11.8 Å². The van der Waals surface area contributed by atoms with E-state index in [1.54, 1.807) is 0 Å². The monoisotopic (exact) mass is 188 g/mol. The molecule has 1 aliphatic rings. The molecule has 0 saturated carbocycles. The van der Waals surface area contributed by atoms with Gasteiger partial charge >= 0.3 is 0 Å². The maximum atomic E-state index is 8.71. The molecule has 0 aliphatic carbocycles. The van der Waals surface area contributed by atoms with Crippen LogP contribution in [0.25, 0.3) is 0 Å². The van der Waals surface area contributed by atoms with Crippen molar-refractivity contribution in [1.82, 2.24) is 0 Å². The Bertz CT molecular complexity index is 405. The van der Waals surface area contributed by atoms with Crippen LogP contribution in [0.15, 0.2) is 35.9 Å². The Morgan fingerprint density at radius 2 is 2.29 bits per heavy atom. The van der Waals surface area contributed by atoms with Crippen LogP contribution in [0, 0.1) is 11.3 Å². The highest BCUT2D eigenvalue weighted by atomic mass is 16.5. The number of nitrogens with zero attached hydrogens (tertiary/aromatic N) is 1. The molecule has 0 unspecified atom stereocenters. The van der Waals surface area contributed by atoms with Gasteiger partial charge in [0.2, 0.25) is 0 Å². The summed E-state index contributed by atoms with van der Waals surface area (Å²) in [4.78, 5) is 0. The molecule has 0 atom stereocenters. The number of ether oxygens (including phenoxy) is 2. The number of nitrogens with one attached hydrogen (secondary N) is 1. The van der Waals surface area contributed by atoms with Gasteiger partial charge in [0.05, 0.1) is 12.8 Å². The van der Waals surface area contributed by atoms with Gasteiger partial charge in [0.1, 0.15) is 6.07 Å². The van der Waals surface area contributed by atoms with Crippen LogP contribution in [0.3, 0.4) is 0 Å². The second-order valence-corrected chi connectivity index (χ2v) is 2.70. The predicted molar refractivity (Wildman–Crippen MR) is 50.3 cm³/mol. The van der Waals surface area contributed by atoms with Gasteiger partial charge in [-0.2, -0.15) is 5.26 Å². The molecule has 0 saturated heterocycles. The third-order valence-corrected chi connectivity index (χ3v) is 1.86. The lowest BCUT2D eigenvalue weighted by Gasteiger charge is -2.00. The second-order valence-electron chi connectivity index (χ2n) is 2.70. The number of allylic oxidation sites excluding steroid dienone is 1. The molecule has 2 rings (SSSR count). The molecule has 0 bridgehead atoms. The van der Waals surface area contributed by atoms with Gasteiger partial charge in [-0.05, 0) is 12.1 Å². The van der Waals surface area contributed by atoms with Crippen molar-refractivity contribution in [2.45, 2.75) is 0 Å². The second kappa shape index (κ2) is 3.30. The van der Waals surface area contributed by atoms with Crippen molar-refractivity contribution in [2.75, 3.05) is 12.4 Å². The first kappa shape index (κ1) is 8.45. The zero-order valence-electron chi connectivity index (χ0n) is 7.57. The van der Waals surface area contributed by atoms with E-state index in [0.29, 0.717) is 11.6 Å². The molecule has 0 amide bonds. The van der Waals surface area contributed by atoms with E-state index in [4.69, 9.17) is 14.7 Å². The van der Waals surface area contributed by atoms with Crippen molar-refractivity contribution >= 4 is 5.69 Å². The number of benzene rings is 1. The standard InChI is InChI=1S/C10H8N2O2/c1-13-9(6-11)10-12-7-4-2-3-5-8(7)14-10/h2-5,12H,1H3/b10-9+. The topological polar surface area (TPSA) is 54.3 Å². The first-order valence-electron chi connectivity index (χ1n) is 4.07. The smallest absolute Gasteiger partial charge is 0.258 e. The number of fused-ring (bicyclic) bond motifs is 1. The summed E-state index contributed by atoms with van der Waals surface area (Å²) < 4.78 is 10.2. The maximum Gasteiger partial charge on any atom is 0.258 e. The Kier molecular flexibility index (Phi) is 1.99. The Balaban J connectivity index is 2.36. The maximum absolute atomic E-state index is 8.71. The van der Waals surface area contributed by atoms with Crippen LogP contribution < -0.4 is 10.1 Å². The van der Waals surface area contributed by atoms with E-state index in [1.165, 1.54) is 7.11 Å². The number of anilines is 1. The van der Waals surface area contributed by atoms with Crippen molar-refractivity contribution < 1.29 is 9.47 Å². The summed E-state index contributed by atoms with van der Waals surface area (Å²) in [6.45, 7) is 0. The van der Waals surface area contributed by atoms with E-state index >= 15 is 0 Å². The van der Waals surface area contributed by atoms with Crippen LogP contribution in [-0.4, -0.2) is 7.11 Å². The van der Waals surface area contributed by atoms with Crippen molar-refractivity contribution in [3.05, 3.63) is 35.9 Å². The molecule has 0 radical (unpaired) electrons. The minimum Gasteiger partial charge on any atom is -0.483 e. The lowest BCUT2D eigenvalue weighted by Crippen LogP contribution is -2.02. The van der Waals surface area contributed by atoms with Crippen molar-refractivity contribution in [2.24, 2.45) is 0 Å². The van der Waals surface area contributed by atoms with E-state index < -0.39 is 0 Å². The van der Waals surface area contributed by atoms with Gasteiger partial charge in [-0.15, -0.1) is 0 Å². The fraction of sp³-hybridized carbons (Fsp3) is 0.100. The van der Waals surface area contributed by atoms with Crippen LogP contribution in [0.5, 0.6) is 5.75 Å². The molecular formula is C10H8N2O2. The summed E-state index contributed by atoms with van der Waals surface area (Å²) in [5.41, 5.74) is 0.840. The minimum atomic E-state index is 0.140. The third-order valence-electron chi connectivity index (χ3n) is 1.86. The highest BCUT2D eigenvalue weighted by Gasteiger charge is 2.20. The molecule has 4 nitrogen and oxygen atoms in total. The molecule has 4 heteroatoms. The van der Waals surface area contributed by atoms with Gasteiger partial charge in [-0.25, -0.2) is 0 Å². The Hall–Kier alpha value is -2.15. The van der Waals surface area contributed by atoms with Crippen LogP contribution >= 0.6 is 0 Å². The largest absolute Gasteiger partial charge is 0.483 e. The number of rotatable bonds is 1. The normalized spacial score (nSPS) is 16.0. The summed E-state index contributed by atoms with van der Waals surface area (Å²) in [5, 5.41) is 11.7. The van der Waals surface area contributed by atoms with Gasteiger partial charge in [0.15, 0.2) is 5.75 Å². The van der Waals surface area contributed by atoms with Crippen molar-refractivity contribution in [3.63, 3.8) is 0 Å². The van der Waals surface area contributed by atoms with Crippen LogP contribution in [0.2, 0.25) is 0 Å². The van der Waals surface area contributed by atoms with Crippen LogP contribution in [-0.2, 0) is 4.74 Å². The van der Waals surface area contributed by atoms with Crippen LogP contribution in [0.1, 0.15) is 0 Å². The number of nitriles is 1. The highest BCUT2D eigenvalue weighted by molar-refractivity contribution is 5.64. The van der Waals surface area contributed by atoms with Crippen LogP contribution in [0.4, 0.5) is 5.69 Å². The molecule has 1 aromatic carbocycles. The van der Waals surface area contributed by atoms with E-state index in [0.717, 1.165) is 5.69 Å². The predicted octanol–water partition coefficient (Wildman–Crippen LogP) is 1.83. The van der Waals surface area contributed by atoms with Gasteiger partial charge in [0, 0.05) is 0 Å². The Morgan fingerprint density at radius 1 is 1.50 bits per heavy atom. The Morgan fingerprint density at radius 3 is 2.93 bits per heavy atom.